The molecule has 9 nitrogen and oxygen atoms in total. The van der Waals surface area contributed by atoms with Crippen LogP contribution >= 0.6 is 7.82 Å². The van der Waals surface area contributed by atoms with Crippen LogP contribution < -0.4 is 11.2 Å². The molecule has 0 aliphatic carbocycles. The highest BCUT2D eigenvalue weighted by Gasteiger charge is 2.28. The van der Waals surface area contributed by atoms with Crippen molar-refractivity contribution in [1.82, 2.24) is 9.55 Å². The van der Waals surface area contributed by atoms with Gasteiger partial charge in [0, 0.05) is 11.8 Å². The van der Waals surface area contributed by atoms with Gasteiger partial charge in [0.25, 0.3) is 5.56 Å². The monoisotopic (exact) mass is 346 g/mol. The van der Waals surface area contributed by atoms with Crippen LogP contribution in [0.15, 0.2) is 27.9 Å². The largest absolute Gasteiger partial charge is 0.472 e. The van der Waals surface area contributed by atoms with Gasteiger partial charge < -0.3 is 9.63 Å². The summed E-state index contributed by atoms with van der Waals surface area (Å²) in [7, 11) is -4.15. The van der Waals surface area contributed by atoms with E-state index in [1.54, 1.807) is 32.9 Å². The summed E-state index contributed by atoms with van der Waals surface area (Å²) >= 11 is 0. The van der Waals surface area contributed by atoms with E-state index in [1.807, 2.05) is 0 Å². The highest BCUT2D eigenvalue weighted by atomic mass is 31.2. The minimum absolute atomic E-state index is 0.204. The van der Waals surface area contributed by atoms with Gasteiger partial charge in [0.1, 0.15) is 6.10 Å². The molecule has 1 aliphatic heterocycles. The quantitative estimate of drug-likeness (QED) is 0.578. The fraction of sp³-hybridized carbons (Fsp3) is 0.538. The Morgan fingerprint density at radius 2 is 2.13 bits per heavy atom. The lowest BCUT2D eigenvalue weighted by atomic mass is 10.3. The molecular formula is C13H19N2O7P. The van der Waals surface area contributed by atoms with Crippen molar-refractivity contribution >= 4 is 7.82 Å². The molecular weight excluding hydrogens is 327 g/mol. The molecule has 2 N–H and O–H groups in total. The highest BCUT2D eigenvalue weighted by molar-refractivity contribution is 7.47. The van der Waals surface area contributed by atoms with Crippen molar-refractivity contribution in [2.45, 2.75) is 39.2 Å². The Morgan fingerprint density at radius 3 is 2.78 bits per heavy atom. The van der Waals surface area contributed by atoms with Gasteiger partial charge >= 0.3 is 13.5 Å². The van der Waals surface area contributed by atoms with Crippen LogP contribution in [0.4, 0.5) is 0 Å². The van der Waals surface area contributed by atoms with Gasteiger partial charge in [-0.1, -0.05) is 6.08 Å². The number of aryl methyl sites for hydroxylation is 1. The van der Waals surface area contributed by atoms with Gasteiger partial charge in [-0.15, -0.1) is 0 Å². The standard InChI is InChI=1S/C13H19N2O7P/c1-8(2)22-23(18,19)20-7-10-4-5-11(21-10)15-6-9(3)12(16)14-13(15)17/h4-6,8,10-11H,7H2,1-3H3,(H,18,19)(H,14,16,17)/t10-,11+/m0/s1. The third kappa shape index (κ3) is 4.73. The van der Waals surface area contributed by atoms with Crippen LogP contribution in [-0.4, -0.2) is 33.3 Å². The van der Waals surface area contributed by atoms with Gasteiger partial charge in [0.2, 0.25) is 0 Å². The predicted octanol–water partition coefficient (Wildman–Crippen LogP) is 0.841. The lowest BCUT2D eigenvalue weighted by Crippen LogP contribution is -2.33. The number of nitrogens with one attached hydrogen (secondary N) is 1. The first-order valence-corrected chi connectivity index (χ1v) is 8.49. The molecule has 1 aromatic heterocycles. The SMILES string of the molecule is Cc1cn([C@H]2C=C[C@@H](COP(=O)(O)OC(C)C)O2)c(=O)[nH]c1=O. The number of aromatic nitrogens is 2. The van der Waals surface area contributed by atoms with E-state index in [4.69, 9.17) is 13.8 Å². The first-order valence-electron chi connectivity index (χ1n) is 6.99. The molecule has 2 rings (SSSR count). The number of hydrogen-bond donors (Lipinski definition) is 2. The second-order valence-electron chi connectivity index (χ2n) is 5.35. The van der Waals surface area contributed by atoms with Gasteiger partial charge in [0.05, 0.1) is 12.7 Å². The first-order chi connectivity index (χ1) is 10.7. The Hall–Kier alpha value is -1.51. The Morgan fingerprint density at radius 1 is 1.43 bits per heavy atom. The van der Waals surface area contributed by atoms with Gasteiger partial charge in [-0.3, -0.25) is 23.4 Å². The number of nitrogens with zero attached hydrogens (tertiary/aromatic N) is 1. The predicted molar refractivity (Wildman–Crippen MR) is 81.1 cm³/mol. The molecule has 0 saturated carbocycles. The molecule has 0 saturated heterocycles. The number of rotatable bonds is 6. The highest BCUT2D eigenvalue weighted by Crippen LogP contribution is 2.44. The van der Waals surface area contributed by atoms with E-state index in [1.165, 1.54) is 10.8 Å². The average molecular weight is 346 g/mol. The molecule has 0 spiro atoms. The minimum atomic E-state index is -4.15. The molecule has 0 amide bonds. The van der Waals surface area contributed by atoms with Crippen LogP contribution in [-0.2, 0) is 18.3 Å². The van der Waals surface area contributed by atoms with Gasteiger partial charge in [-0.2, -0.15) is 0 Å². The molecule has 128 valence electrons. The lowest BCUT2D eigenvalue weighted by Gasteiger charge is -2.18. The van der Waals surface area contributed by atoms with Crippen molar-refractivity contribution in [1.29, 1.82) is 0 Å². The van der Waals surface area contributed by atoms with Crippen LogP contribution in [0.2, 0.25) is 0 Å². The number of phosphoric ester groups is 1. The molecule has 0 fully saturated rings. The maximum atomic E-state index is 11.8. The normalized spacial score (nSPS) is 23.3. The number of phosphoric acid groups is 1. The van der Waals surface area contributed by atoms with Gasteiger partial charge in [-0.05, 0) is 26.8 Å². The summed E-state index contributed by atoms with van der Waals surface area (Å²) in [5.41, 5.74) is -0.695. The van der Waals surface area contributed by atoms with Gasteiger partial charge in [0.15, 0.2) is 6.23 Å². The summed E-state index contributed by atoms with van der Waals surface area (Å²) < 4.78 is 28.0. The number of hydrogen-bond acceptors (Lipinski definition) is 6. The van der Waals surface area contributed by atoms with E-state index in [2.05, 4.69) is 4.98 Å². The molecule has 1 aromatic rings. The van der Waals surface area contributed by atoms with Crippen LogP contribution in [0.3, 0.4) is 0 Å². The second-order valence-corrected chi connectivity index (χ2v) is 6.75. The summed E-state index contributed by atoms with van der Waals surface area (Å²) in [6, 6.07) is 0. The van der Waals surface area contributed by atoms with E-state index in [9.17, 15) is 19.0 Å². The molecule has 3 atom stereocenters. The topological polar surface area (TPSA) is 120 Å². The van der Waals surface area contributed by atoms with Crippen molar-refractivity contribution < 1.29 is 23.2 Å². The Balaban J connectivity index is 1.99. The van der Waals surface area contributed by atoms with Crippen molar-refractivity contribution in [3.05, 3.63) is 44.8 Å². The zero-order valence-electron chi connectivity index (χ0n) is 13.0. The minimum Gasteiger partial charge on any atom is -0.344 e. The number of aromatic amines is 1. The molecule has 0 bridgehead atoms. The fourth-order valence-electron chi connectivity index (χ4n) is 1.98. The molecule has 2 heterocycles. The van der Waals surface area contributed by atoms with Crippen LogP contribution in [0.25, 0.3) is 0 Å². The molecule has 23 heavy (non-hydrogen) atoms. The summed E-state index contributed by atoms with van der Waals surface area (Å²) in [6.07, 6.45) is 2.79. The van der Waals surface area contributed by atoms with E-state index in [0.29, 0.717) is 5.56 Å². The maximum absolute atomic E-state index is 11.8. The van der Waals surface area contributed by atoms with E-state index >= 15 is 0 Å². The summed E-state index contributed by atoms with van der Waals surface area (Å²) in [6.45, 7) is 4.59. The zero-order valence-corrected chi connectivity index (χ0v) is 13.9. The fourth-order valence-corrected chi connectivity index (χ4v) is 2.91. The van der Waals surface area contributed by atoms with Crippen LogP contribution in [0, 0.1) is 6.92 Å². The van der Waals surface area contributed by atoms with Crippen molar-refractivity contribution in [2.75, 3.05) is 6.61 Å². The van der Waals surface area contributed by atoms with E-state index in [0.717, 1.165) is 0 Å². The molecule has 0 aromatic carbocycles. The smallest absolute Gasteiger partial charge is 0.344 e. The Bertz CT molecular complexity index is 751. The van der Waals surface area contributed by atoms with Crippen LogP contribution in [0.1, 0.15) is 25.6 Å². The van der Waals surface area contributed by atoms with Crippen molar-refractivity contribution in [3.8, 4) is 0 Å². The average Bonchev–Trinajstić information content (AvgIpc) is 2.88. The second kappa shape index (κ2) is 6.94. The molecule has 0 radical (unpaired) electrons. The maximum Gasteiger partial charge on any atom is 0.472 e. The lowest BCUT2D eigenvalue weighted by molar-refractivity contribution is -0.0139. The number of H-pyrrole nitrogens is 1. The third-order valence-electron chi connectivity index (χ3n) is 2.97. The van der Waals surface area contributed by atoms with E-state index < -0.39 is 37.5 Å². The Kier molecular flexibility index (Phi) is 5.38. The zero-order chi connectivity index (χ0) is 17.2. The first kappa shape index (κ1) is 17.8. The van der Waals surface area contributed by atoms with Crippen molar-refractivity contribution in [3.63, 3.8) is 0 Å². The van der Waals surface area contributed by atoms with Gasteiger partial charge in [-0.25, -0.2) is 9.36 Å². The van der Waals surface area contributed by atoms with E-state index in [-0.39, 0.29) is 6.61 Å². The number of ether oxygens (including phenoxy) is 1. The summed E-state index contributed by atoms with van der Waals surface area (Å²) in [4.78, 5) is 34.8. The van der Waals surface area contributed by atoms with Crippen LogP contribution in [0.5, 0.6) is 0 Å². The summed E-state index contributed by atoms with van der Waals surface area (Å²) in [5.74, 6) is 0. The Labute approximate surface area is 132 Å². The summed E-state index contributed by atoms with van der Waals surface area (Å²) in [5, 5.41) is 0. The molecule has 10 heteroatoms. The van der Waals surface area contributed by atoms with Crippen molar-refractivity contribution in [2.24, 2.45) is 0 Å². The third-order valence-corrected chi connectivity index (χ3v) is 4.13. The molecule has 1 unspecified atom stereocenters. The molecule has 1 aliphatic rings.